The number of carbonyl (C=O) groups is 1. The number of morpholine rings is 1. The van der Waals surface area contributed by atoms with E-state index in [4.69, 9.17) is 4.74 Å². The third-order valence-electron chi connectivity index (χ3n) is 5.26. The van der Waals surface area contributed by atoms with Crippen molar-refractivity contribution in [3.05, 3.63) is 35.9 Å². The smallest absolute Gasteiger partial charge is 0.222 e. The standard InChI is InChI=1S/C20H31N3O2/c24-20(8-4-7-18-5-2-1-3-6-18)23(19-9-10-21-17-19)12-11-22-13-15-25-16-14-22/h1-3,5-6,19,21H,4,7-17H2. The first kappa shape index (κ1) is 18.4. The Hall–Kier alpha value is -1.43. The number of hydrogen-bond donors (Lipinski definition) is 1. The molecule has 0 spiro atoms. The topological polar surface area (TPSA) is 44.8 Å². The molecule has 1 amide bonds. The quantitative estimate of drug-likeness (QED) is 0.776. The van der Waals surface area contributed by atoms with Crippen molar-refractivity contribution >= 4 is 5.91 Å². The van der Waals surface area contributed by atoms with Crippen LogP contribution in [-0.4, -0.2) is 74.2 Å². The highest BCUT2D eigenvalue weighted by Crippen LogP contribution is 2.13. The van der Waals surface area contributed by atoms with Crippen LogP contribution < -0.4 is 5.32 Å². The number of amides is 1. The van der Waals surface area contributed by atoms with Gasteiger partial charge < -0.3 is 15.0 Å². The molecule has 2 aliphatic rings. The minimum Gasteiger partial charge on any atom is -0.379 e. The molecule has 2 fully saturated rings. The summed E-state index contributed by atoms with van der Waals surface area (Å²) in [5, 5.41) is 3.40. The fraction of sp³-hybridized carbons (Fsp3) is 0.650. The molecular weight excluding hydrogens is 314 g/mol. The zero-order valence-corrected chi connectivity index (χ0v) is 15.2. The number of aryl methyl sites for hydroxylation is 1. The third kappa shape index (κ3) is 5.80. The Bertz CT molecular complexity index is 511. The molecule has 1 aromatic carbocycles. The van der Waals surface area contributed by atoms with E-state index in [1.165, 1.54) is 5.56 Å². The highest BCUT2D eigenvalue weighted by Gasteiger charge is 2.26. The van der Waals surface area contributed by atoms with Crippen molar-refractivity contribution in [2.45, 2.75) is 31.7 Å². The summed E-state index contributed by atoms with van der Waals surface area (Å²) in [5.74, 6) is 0.317. The Morgan fingerprint density at radius 3 is 2.76 bits per heavy atom. The molecule has 0 bridgehead atoms. The van der Waals surface area contributed by atoms with Gasteiger partial charge in [-0.25, -0.2) is 0 Å². The van der Waals surface area contributed by atoms with E-state index in [1.54, 1.807) is 0 Å². The van der Waals surface area contributed by atoms with Gasteiger partial charge in [0, 0.05) is 45.2 Å². The molecule has 0 saturated carbocycles. The summed E-state index contributed by atoms with van der Waals surface area (Å²) in [5.41, 5.74) is 1.32. The summed E-state index contributed by atoms with van der Waals surface area (Å²) in [7, 11) is 0. The summed E-state index contributed by atoms with van der Waals surface area (Å²) in [6.07, 6.45) is 3.63. The first-order valence-electron chi connectivity index (χ1n) is 9.67. The highest BCUT2D eigenvalue weighted by atomic mass is 16.5. The Morgan fingerprint density at radius 1 is 1.24 bits per heavy atom. The minimum atomic E-state index is 0.317. The lowest BCUT2D eigenvalue weighted by Crippen LogP contribution is -2.47. The van der Waals surface area contributed by atoms with Crippen LogP contribution in [0.4, 0.5) is 0 Å². The first-order chi connectivity index (χ1) is 12.3. The summed E-state index contributed by atoms with van der Waals surface area (Å²) in [6, 6.07) is 10.8. The first-order valence-corrected chi connectivity index (χ1v) is 9.67. The van der Waals surface area contributed by atoms with Gasteiger partial charge in [-0.3, -0.25) is 9.69 Å². The van der Waals surface area contributed by atoms with Crippen LogP contribution in [0.1, 0.15) is 24.8 Å². The van der Waals surface area contributed by atoms with Crippen molar-refractivity contribution in [3.63, 3.8) is 0 Å². The lowest BCUT2D eigenvalue weighted by Gasteiger charge is -2.33. The molecule has 0 aliphatic carbocycles. The Kier molecular flexibility index (Phi) is 7.27. The van der Waals surface area contributed by atoms with Gasteiger partial charge in [-0.1, -0.05) is 30.3 Å². The van der Waals surface area contributed by atoms with Crippen molar-refractivity contribution in [3.8, 4) is 0 Å². The molecule has 25 heavy (non-hydrogen) atoms. The van der Waals surface area contributed by atoms with Crippen molar-refractivity contribution < 1.29 is 9.53 Å². The molecule has 1 atom stereocenters. The molecule has 0 aromatic heterocycles. The molecule has 1 N–H and O–H groups in total. The fourth-order valence-corrected chi connectivity index (χ4v) is 3.72. The zero-order chi connectivity index (χ0) is 17.3. The average Bonchev–Trinajstić information content (AvgIpc) is 3.18. The van der Waals surface area contributed by atoms with E-state index in [2.05, 4.69) is 39.4 Å². The van der Waals surface area contributed by atoms with Gasteiger partial charge in [-0.2, -0.15) is 0 Å². The molecule has 2 saturated heterocycles. The SMILES string of the molecule is O=C(CCCc1ccccc1)N(CCN1CCOCC1)C1CCNC1. The molecule has 0 radical (unpaired) electrons. The van der Waals surface area contributed by atoms with Crippen LogP contribution in [0.15, 0.2) is 30.3 Å². The van der Waals surface area contributed by atoms with Gasteiger partial charge in [-0.15, -0.1) is 0 Å². The average molecular weight is 345 g/mol. The second kappa shape index (κ2) is 9.90. The van der Waals surface area contributed by atoms with E-state index in [-0.39, 0.29) is 0 Å². The molecule has 5 heteroatoms. The maximum absolute atomic E-state index is 12.8. The Morgan fingerprint density at radius 2 is 2.04 bits per heavy atom. The molecule has 1 aromatic rings. The molecule has 3 rings (SSSR count). The summed E-state index contributed by atoms with van der Waals surface area (Å²) >= 11 is 0. The second-order valence-corrected chi connectivity index (χ2v) is 7.03. The Labute approximate surface area is 151 Å². The van der Waals surface area contributed by atoms with E-state index >= 15 is 0 Å². The fourth-order valence-electron chi connectivity index (χ4n) is 3.72. The van der Waals surface area contributed by atoms with Gasteiger partial charge in [-0.05, 0) is 31.4 Å². The van der Waals surface area contributed by atoms with Crippen molar-refractivity contribution in [2.24, 2.45) is 0 Å². The summed E-state index contributed by atoms with van der Waals surface area (Å²) in [4.78, 5) is 17.4. The van der Waals surface area contributed by atoms with Crippen LogP contribution in [0.2, 0.25) is 0 Å². The number of benzene rings is 1. The van der Waals surface area contributed by atoms with Gasteiger partial charge >= 0.3 is 0 Å². The van der Waals surface area contributed by atoms with Crippen LogP contribution >= 0.6 is 0 Å². The number of nitrogens with one attached hydrogen (secondary N) is 1. The monoisotopic (exact) mass is 345 g/mol. The lowest BCUT2D eigenvalue weighted by atomic mass is 10.1. The van der Waals surface area contributed by atoms with Crippen molar-refractivity contribution in [1.29, 1.82) is 0 Å². The number of rotatable bonds is 8. The van der Waals surface area contributed by atoms with Crippen LogP contribution in [0.25, 0.3) is 0 Å². The molecule has 5 nitrogen and oxygen atoms in total. The molecular formula is C20H31N3O2. The minimum absolute atomic E-state index is 0.317. The van der Waals surface area contributed by atoms with E-state index in [0.717, 1.165) is 71.7 Å². The normalized spacial score (nSPS) is 21.4. The van der Waals surface area contributed by atoms with E-state index < -0.39 is 0 Å². The van der Waals surface area contributed by atoms with Gasteiger partial charge in [0.1, 0.15) is 0 Å². The number of hydrogen-bond acceptors (Lipinski definition) is 4. The number of ether oxygens (including phenoxy) is 1. The number of carbonyl (C=O) groups excluding carboxylic acids is 1. The summed E-state index contributed by atoms with van der Waals surface area (Å²) in [6.45, 7) is 7.37. The van der Waals surface area contributed by atoms with Gasteiger partial charge in [0.05, 0.1) is 13.2 Å². The van der Waals surface area contributed by atoms with Gasteiger partial charge in [0.2, 0.25) is 5.91 Å². The maximum Gasteiger partial charge on any atom is 0.222 e. The van der Waals surface area contributed by atoms with Crippen LogP contribution in [0.5, 0.6) is 0 Å². The van der Waals surface area contributed by atoms with Gasteiger partial charge in [0.15, 0.2) is 0 Å². The zero-order valence-electron chi connectivity index (χ0n) is 15.2. The van der Waals surface area contributed by atoms with Crippen molar-refractivity contribution in [2.75, 3.05) is 52.5 Å². The predicted molar refractivity (Wildman–Crippen MR) is 99.6 cm³/mol. The predicted octanol–water partition coefficient (Wildman–Crippen LogP) is 1.53. The Balaban J connectivity index is 1.47. The van der Waals surface area contributed by atoms with E-state index in [1.807, 2.05) is 6.07 Å². The highest BCUT2D eigenvalue weighted by molar-refractivity contribution is 5.76. The lowest BCUT2D eigenvalue weighted by molar-refractivity contribution is -0.133. The molecule has 1 unspecified atom stereocenters. The molecule has 2 heterocycles. The van der Waals surface area contributed by atoms with Crippen LogP contribution in [-0.2, 0) is 16.0 Å². The van der Waals surface area contributed by atoms with Gasteiger partial charge in [0.25, 0.3) is 0 Å². The number of nitrogens with zero attached hydrogens (tertiary/aromatic N) is 2. The van der Waals surface area contributed by atoms with Crippen LogP contribution in [0, 0.1) is 0 Å². The van der Waals surface area contributed by atoms with Crippen LogP contribution in [0.3, 0.4) is 0 Å². The molecule has 138 valence electrons. The maximum atomic E-state index is 12.8. The summed E-state index contributed by atoms with van der Waals surface area (Å²) < 4.78 is 5.42. The second-order valence-electron chi connectivity index (χ2n) is 7.03. The third-order valence-corrected chi connectivity index (χ3v) is 5.26. The van der Waals surface area contributed by atoms with E-state index in [0.29, 0.717) is 18.4 Å². The largest absolute Gasteiger partial charge is 0.379 e. The van der Waals surface area contributed by atoms with Crippen molar-refractivity contribution in [1.82, 2.24) is 15.1 Å². The molecule has 2 aliphatic heterocycles. The van der Waals surface area contributed by atoms with E-state index in [9.17, 15) is 4.79 Å².